The quantitative estimate of drug-likeness (QED) is 0.552. The highest BCUT2D eigenvalue weighted by molar-refractivity contribution is 7.91. The summed E-state index contributed by atoms with van der Waals surface area (Å²) in [6, 6.07) is 2.33. The normalized spacial score (nSPS) is 20.0. The van der Waals surface area contributed by atoms with Gasteiger partial charge in [0.05, 0.1) is 7.11 Å². The van der Waals surface area contributed by atoms with E-state index >= 15 is 0 Å². The van der Waals surface area contributed by atoms with Gasteiger partial charge in [-0.1, -0.05) is 11.6 Å². The topological polar surface area (TPSA) is 98.2 Å². The number of amides is 1. The number of hydrogen-bond acceptors (Lipinski definition) is 6. The molecule has 0 aromatic carbocycles. The Hall–Kier alpha value is -1.71. The molecule has 0 unspecified atom stereocenters. The highest BCUT2D eigenvalue weighted by atomic mass is 35.5. The van der Waals surface area contributed by atoms with Crippen LogP contribution in [0, 0.1) is 6.92 Å². The fourth-order valence-corrected chi connectivity index (χ4v) is 5.34. The fraction of sp³-hybridized carbons (Fsp3) is 0.588. The van der Waals surface area contributed by atoms with E-state index in [1.807, 2.05) is 0 Å². The third kappa shape index (κ3) is 4.97. The van der Waals surface area contributed by atoms with Gasteiger partial charge in [-0.25, -0.2) is 14.0 Å². The highest BCUT2D eigenvalue weighted by Gasteiger charge is 2.41. The predicted octanol–water partition coefficient (Wildman–Crippen LogP) is 3.36. The maximum absolute atomic E-state index is 14.0. The first-order chi connectivity index (χ1) is 12.5. The van der Waals surface area contributed by atoms with Crippen LogP contribution >= 0.6 is 11.6 Å². The molecule has 1 aliphatic heterocycles. The minimum absolute atomic E-state index is 0.0391. The van der Waals surface area contributed by atoms with Crippen molar-refractivity contribution < 1.29 is 23.3 Å². The van der Waals surface area contributed by atoms with E-state index in [0.717, 1.165) is 0 Å². The van der Waals surface area contributed by atoms with Gasteiger partial charge in [-0.2, -0.15) is 4.31 Å². The van der Waals surface area contributed by atoms with Gasteiger partial charge in [0.2, 0.25) is 0 Å². The van der Waals surface area contributed by atoms with Gasteiger partial charge in [0.15, 0.2) is 9.92 Å². The van der Waals surface area contributed by atoms with Crippen molar-refractivity contribution in [3.8, 4) is 0 Å². The number of methoxy groups -OCH3 is 1. The zero-order valence-electron chi connectivity index (χ0n) is 16.0. The van der Waals surface area contributed by atoms with Gasteiger partial charge in [0, 0.05) is 12.2 Å². The van der Waals surface area contributed by atoms with Crippen molar-refractivity contribution in [2.24, 2.45) is 4.36 Å². The molecule has 10 heteroatoms. The van der Waals surface area contributed by atoms with E-state index in [0.29, 0.717) is 18.5 Å². The number of nitrogens with zero attached hydrogens (tertiary/aromatic N) is 3. The second-order valence-corrected chi connectivity index (χ2v) is 9.57. The Bertz CT molecular complexity index is 859. The van der Waals surface area contributed by atoms with Crippen molar-refractivity contribution in [3.05, 3.63) is 23.0 Å². The van der Waals surface area contributed by atoms with E-state index in [1.54, 1.807) is 33.8 Å². The van der Waals surface area contributed by atoms with Gasteiger partial charge >= 0.3 is 12.1 Å². The SMILES string of the molecule is COC(=O)[C@@H]1CCCN1[S@@](=O)(=NC(=O)OC(C)(C)C)c1ccc(C)nc1Cl. The molecule has 2 heterocycles. The van der Waals surface area contributed by atoms with Crippen LogP contribution in [0.4, 0.5) is 4.79 Å². The van der Waals surface area contributed by atoms with Gasteiger partial charge in [-0.05, 0) is 52.7 Å². The fourth-order valence-electron chi connectivity index (χ4n) is 2.73. The monoisotopic (exact) mass is 417 g/mol. The number of halogens is 1. The van der Waals surface area contributed by atoms with Crippen molar-refractivity contribution in [1.29, 1.82) is 0 Å². The average Bonchev–Trinajstić information content (AvgIpc) is 3.02. The Labute approximate surface area is 164 Å². The Morgan fingerprint density at radius 2 is 2.04 bits per heavy atom. The molecule has 0 bridgehead atoms. The lowest BCUT2D eigenvalue weighted by Crippen LogP contribution is -2.41. The molecular formula is C17H24ClN3O5S. The zero-order valence-corrected chi connectivity index (χ0v) is 17.6. The molecule has 150 valence electrons. The van der Waals surface area contributed by atoms with Crippen molar-refractivity contribution in [2.45, 2.75) is 57.1 Å². The molecule has 8 nitrogen and oxygen atoms in total. The first-order valence-electron chi connectivity index (χ1n) is 8.46. The summed E-state index contributed by atoms with van der Waals surface area (Å²) in [5, 5.41) is -0.0391. The van der Waals surface area contributed by atoms with Gasteiger partial charge in [-0.3, -0.25) is 4.79 Å². The Morgan fingerprint density at radius 3 is 2.59 bits per heavy atom. The standard InChI is InChI=1S/C17H24ClN3O5S/c1-11-8-9-13(14(18)19-11)27(24,20-16(23)26-17(2,3)4)21-10-6-7-12(21)15(22)25-5/h8-9,12H,6-7,10H2,1-5H3/t12-,27-/m0/s1. The third-order valence-corrected chi connectivity index (χ3v) is 6.60. The van der Waals surface area contributed by atoms with E-state index in [4.69, 9.17) is 21.1 Å². The van der Waals surface area contributed by atoms with Gasteiger partial charge in [0.25, 0.3) is 0 Å². The molecule has 1 saturated heterocycles. The smallest absolute Gasteiger partial charge is 0.443 e. The second-order valence-electron chi connectivity index (χ2n) is 7.13. The summed E-state index contributed by atoms with van der Waals surface area (Å²) in [4.78, 5) is 28.7. The summed E-state index contributed by atoms with van der Waals surface area (Å²) in [7, 11) is -2.32. The van der Waals surface area contributed by atoms with Crippen LogP contribution < -0.4 is 0 Å². The lowest BCUT2D eigenvalue weighted by Gasteiger charge is -2.26. The molecule has 0 aliphatic carbocycles. The van der Waals surface area contributed by atoms with E-state index in [-0.39, 0.29) is 16.6 Å². The minimum Gasteiger partial charge on any atom is -0.468 e. The van der Waals surface area contributed by atoms with Crippen LogP contribution in [0.25, 0.3) is 0 Å². The van der Waals surface area contributed by atoms with E-state index in [9.17, 15) is 13.8 Å². The number of hydrogen-bond donors (Lipinski definition) is 0. The van der Waals surface area contributed by atoms with Crippen LogP contribution in [-0.2, 0) is 24.2 Å². The van der Waals surface area contributed by atoms with Crippen LogP contribution in [0.15, 0.2) is 21.4 Å². The molecule has 0 saturated carbocycles. The largest absolute Gasteiger partial charge is 0.468 e. The number of ether oxygens (including phenoxy) is 2. The lowest BCUT2D eigenvalue weighted by atomic mass is 10.2. The predicted molar refractivity (Wildman–Crippen MR) is 101 cm³/mol. The Morgan fingerprint density at radius 1 is 1.37 bits per heavy atom. The number of pyridine rings is 1. The van der Waals surface area contributed by atoms with Gasteiger partial charge in [-0.15, -0.1) is 4.36 Å². The summed E-state index contributed by atoms with van der Waals surface area (Å²) < 4.78 is 29.2. The first kappa shape index (κ1) is 21.6. The molecular weight excluding hydrogens is 394 g/mol. The third-order valence-electron chi connectivity index (χ3n) is 3.83. The van der Waals surface area contributed by atoms with Crippen molar-refractivity contribution in [1.82, 2.24) is 9.29 Å². The number of aromatic nitrogens is 1. The van der Waals surface area contributed by atoms with Crippen molar-refractivity contribution in [2.75, 3.05) is 13.7 Å². The summed E-state index contributed by atoms with van der Waals surface area (Å²) in [6.07, 6.45) is 0.0294. The van der Waals surface area contributed by atoms with E-state index in [1.165, 1.54) is 17.5 Å². The molecule has 0 spiro atoms. The number of aryl methyl sites for hydroxylation is 1. The van der Waals surface area contributed by atoms with Crippen LogP contribution in [-0.4, -0.2) is 50.9 Å². The second kappa shape index (κ2) is 8.12. The summed E-state index contributed by atoms with van der Waals surface area (Å²) >= 11 is 6.22. The maximum atomic E-state index is 14.0. The molecule has 1 aliphatic rings. The molecule has 0 radical (unpaired) electrons. The van der Waals surface area contributed by atoms with Crippen LogP contribution in [0.5, 0.6) is 0 Å². The van der Waals surface area contributed by atoms with Crippen LogP contribution in [0.2, 0.25) is 5.15 Å². The van der Waals surface area contributed by atoms with Crippen LogP contribution in [0.1, 0.15) is 39.3 Å². The van der Waals surface area contributed by atoms with E-state index < -0.39 is 33.6 Å². The summed E-state index contributed by atoms with van der Waals surface area (Å²) in [6.45, 7) is 7.05. The molecule has 2 atom stereocenters. The lowest BCUT2D eigenvalue weighted by molar-refractivity contribution is -0.144. The molecule has 1 aromatic rings. The van der Waals surface area contributed by atoms with Crippen LogP contribution in [0.3, 0.4) is 0 Å². The molecule has 0 N–H and O–H groups in total. The molecule has 27 heavy (non-hydrogen) atoms. The van der Waals surface area contributed by atoms with E-state index in [2.05, 4.69) is 9.35 Å². The molecule has 1 aromatic heterocycles. The minimum atomic E-state index is -3.58. The average molecular weight is 418 g/mol. The first-order valence-corrected chi connectivity index (χ1v) is 10.3. The number of esters is 1. The summed E-state index contributed by atoms with van der Waals surface area (Å²) in [5.74, 6) is -0.546. The van der Waals surface area contributed by atoms with Crippen molar-refractivity contribution in [3.63, 3.8) is 0 Å². The Balaban J connectivity index is 2.63. The number of carbonyl (C=O) groups excluding carboxylic acids is 2. The number of carbonyl (C=O) groups is 2. The highest BCUT2D eigenvalue weighted by Crippen LogP contribution is 2.32. The maximum Gasteiger partial charge on any atom is 0.443 e. The van der Waals surface area contributed by atoms with Gasteiger partial charge < -0.3 is 9.47 Å². The molecule has 1 amide bonds. The molecule has 1 fully saturated rings. The zero-order chi connectivity index (χ0) is 20.4. The van der Waals surface area contributed by atoms with Crippen molar-refractivity contribution >= 4 is 33.6 Å². The number of rotatable bonds is 3. The van der Waals surface area contributed by atoms with Gasteiger partial charge in [0.1, 0.15) is 21.7 Å². The summed E-state index contributed by atoms with van der Waals surface area (Å²) in [5.41, 5.74) is -0.197. The molecule has 2 rings (SSSR count). The Kier molecular flexibility index (Phi) is 6.49.